The Hall–Kier alpha value is -1.54. The van der Waals surface area contributed by atoms with Gasteiger partial charge < -0.3 is 10.4 Å². The molecule has 3 rings (SSSR count). The van der Waals surface area contributed by atoms with Gasteiger partial charge in [-0.3, -0.25) is 0 Å². The molecule has 0 aromatic heterocycles. The molecule has 0 saturated heterocycles. The van der Waals surface area contributed by atoms with Crippen molar-refractivity contribution >= 4 is 5.69 Å². The van der Waals surface area contributed by atoms with Crippen molar-refractivity contribution in [1.82, 2.24) is 0 Å². The third-order valence-corrected chi connectivity index (χ3v) is 2.91. The Morgan fingerprint density at radius 2 is 1.86 bits per heavy atom. The van der Waals surface area contributed by atoms with E-state index in [0.29, 0.717) is 0 Å². The first-order valence-corrected chi connectivity index (χ1v) is 4.74. The van der Waals surface area contributed by atoms with E-state index in [1.807, 2.05) is 48.6 Å². The number of anilines is 1. The molecule has 1 aromatic rings. The van der Waals surface area contributed by atoms with Crippen LogP contribution in [-0.2, 0) is 0 Å². The Bertz CT molecular complexity index is 422. The Morgan fingerprint density at radius 1 is 1.14 bits per heavy atom. The van der Waals surface area contributed by atoms with E-state index < -0.39 is 11.6 Å². The number of rotatable bonds is 0. The van der Waals surface area contributed by atoms with Crippen molar-refractivity contribution in [2.24, 2.45) is 0 Å². The number of nitrogens with one attached hydrogen (secondary N) is 1. The normalized spacial score (nSPS) is 25.4. The van der Waals surface area contributed by atoms with Crippen LogP contribution in [0, 0.1) is 0 Å². The fourth-order valence-electron chi connectivity index (χ4n) is 2.16. The van der Waals surface area contributed by atoms with E-state index in [9.17, 15) is 5.11 Å². The van der Waals surface area contributed by atoms with Gasteiger partial charge in [0, 0.05) is 11.3 Å². The summed E-state index contributed by atoms with van der Waals surface area (Å²) >= 11 is 0. The minimum Gasteiger partial charge on any atom is -0.385 e. The van der Waals surface area contributed by atoms with Crippen molar-refractivity contribution in [2.45, 2.75) is 11.6 Å². The lowest BCUT2D eigenvalue weighted by atomic mass is 9.94. The highest BCUT2D eigenvalue weighted by atomic mass is 16.3. The molecule has 70 valence electrons. The third-order valence-electron chi connectivity index (χ3n) is 2.91. The Labute approximate surface area is 82.6 Å². The van der Waals surface area contributed by atoms with Crippen LogP contribution in [0.2, 0.25) is 0 Å². The lowest BCUT2D eigenvalue weighted by molar-refractivity contribution is 0.153. The highest BCUT2D eigenvalue weighted by Gasteiger charge is 2.42. The molecule has 2 aliphatic rings. The molecule has 2 nitrogen and oxygen atoms in total. The number of fused-ring (bicyclic) bond motifs is 1. The van der Waals surface area contributed by atoms with E-state index in [-0.39, 0.29) is 0 Å². The van der Waals surface area contributed by atoms with Gasteiger partial charge in [0.1, 0.15) is 11.6 Å². The van der Waals surface area contributed by atoms with Gasteiger partial charge in [-0.15, -0.1) is 0 Å². The van der Waals surface area contributed by atoms with Crippen LogP contribution in [0.5, 0.6) is 0 Å². The summed E-state index contributed by atoms with van der Waals surface area (Å²) in [4.78, 5) is 0. The first kappa shape index (κ1) is 7.83. The molecule has 1 spiro atoms. The minimum atomic E-state index is -0.478. The fourth-order valence-corrected chi connectivity index (χ4v) is 2.16. The van der Waals surface area contributed by atoms with Gasteiger partial charge in [-0.2, -0.15) is 0 Å². The Kier molecular flexibility index (Phi) is 1.39. The summed E-state index contributed by atoms with van der Waals surface area (Å²) in [5.41, 5.74) is 1.60. The molecule has 0 radical (unpaired) electrons. The molecule has 2 heteroatoms. The summed E-state index contributed by atoms with van der Waals surface area (Å²) in [6, 6.07) is 7.88. The van der Waals surface area contributed by atoms with E-state index in [1.54, 1.807) is 0 Å². The molecule has 0 amide bonds. The zero-order valence-corrected chi connectivity index (χ0v) is 7.64. The molecular weight excluding hydrogens is 174 g/mol. The lowest BCUT2D eigenvalue weighted by Crippen LogP contribution is -2.33. The van der Waals surface area contributed by atoms with Crippen molar-refractivity contribution in [3.63, 3.8) is 0 Å². The average molecular weight is 185 g/mol. The van der Waals surface area contributed by atoms with Crippen LogP contribution in [-0.4, -0.2) is 10.6 Å². The first-order chi connectivity index (χ1) is 6.82. The molecular formula is C12H11NO. The highest BCUT2D eigenvalue weighted by molar-refractivity contribution is 5.65. The molecule has 2 N–H and O–H groups in total. The van der Waals surface area contributed by atoms with Crippen LogP contribution >= 0.6 is 0 Å². The van der Waals surface area contributed by atoms with Crippen LogP contribution in [0.15, 0.2) is 48.6 Å². The summed E-state index contributed by atoms with van der Waals surface area (Å²) < 4.78 is 0. The van der Waals surface area contributed by atoms with Crippen LogP contribution in [0.4, 0.5) is 5.69 Å². The maximum absolute atomic E-state index is 10.2. The van der Waals surface area contributed by atoms with E-state index >= 15 is 0 Å². The Morgan fingerprint density at radius 3 is 2.57 bits per heavy atom. The third kappa shape index (κ3) is 0.836. The molecule has 1 aliphatic carbocycles. The Balaban J connectivity index is 2.13. The van der Waals surface area contributed by atoms with Gasteiger partial charge in [-0.05, 0) is 6.07 Å². The molecule has 1 aliphatic heterocycles. The predicted octanol–water partition coefficient (Wildman–Crippen LogP) is 2.01. The van der Waals surface area contributed by atoms with E-state index in [1.165, 1.54) is 0 Å². The first-order valence-electron chi connectivity index (χ1n) is 4.74. The van der Waals surface area contributed by atoms with Gasteiger partial charge in [0.2, 0.25) is 0 Å². The average Bonchev–Trinajstić information content (AvgIpc) is 2.77. The molecule has 0 bridgehead atoms. The maximum Gasteiger partial charge on any atom is 0.111 e. The maximum atomic E-state index is 10.2. The van der Waals surface area contributed by atoms with Crippen LogP contribution in [0.1, 0.15) is 11.7 Å². The van der Waals surface area contributed by atoms with Crippen LogP contribution < -0.4 is 5.32 Å². The summed E-state index contributed by atoms with van der Waals surface area (Å²) in [5, 5.41) is 13.5. The summed E-state index contributed by atoms with van der Waals surface area (Å²) in [7, 11) is 0. The van der Waals surface area contributed by atoms with Crippen molar-refractivity contribution in [1.29, 1.82) is 0 Å². The predicted molar refractivity (Wildman–Crippen MR) is 56.0 cm³/mol. The number of aliphatic hydroxyl groups excluding tert-OH is 1. The van der Waals surface area contributed by atoms with Gasteiger partial charge in [0.15, 0.2) is 0 Å². The number of hydrogen-bond acceptors (Lipinski definition) is 2. The van der Waals surface area contributed by atoms with Gasteiger partial charge in [0.25, 0.3) is 0 Å². The molecule has 1 aromatic carbocycles. The summed E-state index contributed by atoms with van der Waals surface area (Å²) in [5.74, 6) is 0. The largest absolute Gasteiger partial charge is 0.385 e. The summed E-state index contributed by atoms with van der Waals surface area (Å²) in [6.07, 6.45) is 7.44. The zero-order valence-electron chi connectivity index (χ0n) is 7.64. The van der Waals surface area contributed by atoms with Crippen molar-refractivity contribution in [3.8, 4) is 0 Å². The number of aliphatic hydroxyl groups is 1. The quantitative estimate of drug-likeness (QED) is 0.648. The second-order valence-corrected chi connectivity index (χ2v) is 3.77. The van der Waals surface area contributed by atoms with E-state index in [0.717, 1.165) is 11.3 Å². The minimum absolute atomic E-state index is 0.399. The molecule has 0 fully saturated rings. The fraction of sp³-hybridized carbons (Fsp3) is 0.167. The van der Waals surface area contributed by atoms with Crippen molar-refractivity contribution in [2.75, 3.05) is 5.32 Å². The topological polar surface area (TPSA) is 32.3 Å². The van der Waals surface area contributed by atoms with Gasteiger partial charge in [-0.25, -0.2) is 0 Å². The van der Waals surface area contributed by atoms with E-state index in [2.05, 4.69) is 5.32 Å². The second-order valence-electron chi connectivity index (χ2n) is 3.77. The SMILES string of the molecule is OC1c2ccccc2NC12C=CC=C2. The van der Waals surface area contributed by atoms with Gasteiger partial charge in [-0.1, -0.05) is 42.5 Å². The zero-order chi connectivity index (χ0) is 9.60. The molecule has 1 heterocycles. The van der Waals surface area contributed by atoms with Crippen LogP contribution in [0.3, 0.4) is 0 Å². The van der Waals surface area contributed by atoms with Crippen molar-refractivity contribution in [3.05, 3.63) is 54.1 Å². The monoisotopic (exact) mass is 185 g/mol. The number of allylic oxidation sites excluding steroid dienone is 2. The van der Waals surface area contributed by atoms with Gasteiger partial charge >= 0.3 is 0 Å². The van der Waals surface area contributed by atoms with Gasteiger partial charge in [0.05, 0.1) is 0 Å². The van der Waals surface area contributed by atoms with Crippen LogP contribution in [0.25, 0.3) is 0 Å². The molecule has 0 saturated carbocycles. The standard InChI is InChI=1S/C12H11NO/c14-11-9-5-1-2-6-10(9)13-12(11)7-3-4-8-12/h1-8,11,13-14H. The van der Waals surface area contributed by atoms with E-state index in [4.69, 9.17) is 0 Å². The smallest absolute Gasteiger partial charge is 0.111 e. The molecule has 14 heavy (non-hydrogen) atoms. The number of hydrogen-bond donors (Lipinski definition) is 2. The number of para-hydroxylation sites is 1. The highest BCUT2D eigenvalue weighted by Crippen LogP contribution is 2.43. The number of benzene rings is 1. The summed E-state index contributed by atoms with van der Waals surface area (Å²) in [6.45, 7) is 0. The van der Waals surface area contributed by atoms with Crippen molar-refractivity contribution < 1.29 is 5.11 Å². The molecule has 1 atom stereocenters. The second kappa shape index (κ2) is 2.49. The molecule has 1 unspecified atom stereocenters. The lowest BCUT2D eigenvalue weighted by Gasteiger charge is -2.24.